The molecule has 1 fully saturated rings. The summed E-state index contributed by atoms with van der Waals surface area (Å²) in [6.07, 6.45) is 2.48. The first-order chi connectivity index (χ1) is 12.5. The van der Waals surface area contributed by atoms with Crippen molar-refractivity contribution >= 4 is 46.2 Å². The van der Waals surface area contributed by atoms with Gasteiger partial charge in [-0.25, -0.2) is 0 Å². The van der Waals surface area contributed by atoms with Crippen molar-refractivity contribution in [1.82, 2.24) is 0 Å². The summed E-state index contributed by atoms with van der Waals surface area (Å²) in [6.45, 7) is 4.68. The Morgan fingerprint density at radius 1 is 1.12 bits per heavy atom. The maximum atomic E-state index is 12.1. The molecule has 1 aliphatic heterocycles. The van der Waals surface area contributed by atoms with Crippen LogP contribution in [0.5, 0.6) is 0 Å². The Balaban J connectivity index is 1.51. The van der Waals surface area contributed by atoms with E-state index in [2.05, 4.69) is 34.6 Å². The van der Waals surface area contributed by atoms with Crippen molar-refractivity contribution in [3.05, 3.63) is 52.5 Å². The largest absolute Gasteiger partial charge is 0.376 e. The van der Waals surface area contributed by atoms with Gasteiger partial charge in [0, 0.05) is 24.5 Å². The minimum absolute atomic E-state index is 0.156. The molecule has 0 bridgehead atoms. The van der Waals surface area contributed by atoms with E-state index in [-0.39, 0.29) is 12.5 Å². The van der Waals surface area contributed by atoms with Gasteiger partial charge in [-0.1, -0.05) is 36.2 Å². The summed E-state index contributed by atoms with van der Waals surface area (Å²) in [6, 6.07) is 13.4. The smallest absolute Gasteiger partial charge is 0.243 e. The fourth-order valence-electron chi connectivity index (χ4n) is 3.03. The van der Waals surface area contributed by atoms with Crippen LogP contribution in [0.2, 0.25) is 10.0 Å². The molecule has 0 aromatic heterocycles. The summed E-state index contributed by atoms with van der Waals surface area (Å²) < 4.78 is 0. The molecular formula is C20H23Cl2N3O. The molecule has 2 aromatic carbocycles. The monoisotopic (exact) mass is 391 g/mol. The van der Waals surface area contributed by atoms with Crippen LogP contribution >= 0.6 is 23.2 Å². The van der Waals surface area contributed by atoms with E-state index >= 15 is 0 Å². The number of benzene rings is 2. The van der Waals surface area contributed by atoms with Crippen molar-refractivity contribution in [2.75, 3.05) is 35.2 Å². The molecule has 0 aliphatic carbocycles. The minimum atomic E-state index is -0.178. The van der Waals surface area contributed by atoms with Crippen LogP contribution in [0.25, 0.3) is 0 Å². The standard InChI is InChI=1S/C20H23Cl2N3O/c1-14-9-11-25(12-10-14)16-7-5-15(6-8-16)23-13-19(26)24-18-4-2-3-17(21)20(18)22/h2-8,14,23H,9-13H2,1H3,(H,24,26). The van der Waals surface area contributed by atoms with Crippen LogP contribution in [0.4, 0.5) is 17.1 Å². The second-order valence-corrected chi connectivity index (χ2v) is 7.50. The average molecular weight is 392 g/mol. The van der Waals surface area contributed by atoms with Gasteiger partial charge in [0.2, 0.25) is 5.91 Å². The molecule has 26 heavy (non-hydrogen) atoms. The molecule has 1 amide bonds. The third-order valence-electron chi connectivity index (χ3n) is 4.69. The summed E-state index contributed by atoms with van der Waals surface area (Å²) in [4.78, 5) is 14.5. The molecule has 0 radical (unpaired) electrons. The zero-order valence-corrected chi connectivity index (χ0v) is 16.3. The number of hydrogen-bond acceptors (Lipinski definition) is 3. The quantitative estimate of drug-likeness (QED) is 0.728. The highest BCUT2D eigenvalue weighted by Gasteiger charge is 2.15. The van der Waals surface area contributed by atoms with E-state index in [1.165, 1.54) is 18.5 Å². The third kappa shape index (κ3) is 4.83. The lowest BCUT2D eigenvalue weighted by Crippen LogP contribution is -2.32. The lowest BCUT2D eigenvalue weighted by molar-refractivity contribution is -0.114. The van der Waals surface area contributed by atoms with Crippen LogP contribution in [0.15, 0.2) is 42.5 Å². The maximum absolute atomic E-state index is 12.1. The van der Waals surface area contributed by atoms with Crippen LogP contribution in [0.3, 0.4) is 0 Å². The third-order valence-corrected chi connectivity index (χ3v) is 5.51. The Bertz CT molecular complexity index is 756. The van der Waals surface area contributed by atoms with E-state index in [4.69, 9.17) is 23.2 Å². The van der Waals surface area contributed by atoms with Crippen molar-refractivity contribution in [3.8, 4) is 0 Å². The molecule has 2 aromatic rings. The normalized spacial score (nSPS) is 15.0. The number of piperidine rings is 1. The molecule has 0 spiro atoms. The Kier molecular flexibility index (Phi) is 6.28. The molecule has 2 N–H and O–H groups in total. The fraction of sp³-hybridized carbons (Fsp3) is 0.350. The highest BCUT2D eigenvalue weighted by Crippen LogP contribution is 2.29. The summed E-state index contributed by atoms with van der Waals surface area (Å²) in [5.74, 6) is 0.641. The number of anilines is 3. The molecule has 1 heterocycles. The molecule has 138 valence electrons. The van der Waals surface area contributed by atoms with E-state index in [0.29, 0.717) is 15.7 Å². The summed E-state index contributed by atoms with van der Waals surface area (Å²) in [5.41, 5.74) is 2.66. The predicted molar refractivity (Wildman–Crippen MR) is 111 cm³/mol. The average Bonchev–Trinajstić information content (AvgIpc) is 2.65. The molecule has 6 heteroatoms. The van der Waals surface area contributed by atoms with Gasteiger partial charge in [-0.15, -0.1) is 0 Å². The molecule has 0 unspecified atom stereocenters. The highest BCUT2D eigenvalue weighted by molar-refractivity contribution is 6.44. The highest BCUT2D eigenvalue weighted by atomic mass is 35.5. The van der Waals surface area contributed by atoms with Crippen molar-refractivity contribution in [3.63, 3.8) is 0 Å². The molecule has 0 saturated carbocycles. The Morgan fingerprint density at radius 3 is 2.50 bits per heavy atom. The Labute approximate surface area is 164 Å². The van der Waals surface area contributed by atoms with Gasteiger partial charge in [-0.3, -0.25) is 4.79 Å². The van der Waals surface area contributed by atoms with Gasteiger partial charge in [0.15, 0.2) is 0 Å². The van der Waals surface area contributed by atoms with Crippen molar-refractivity contribution in [2.45, 2.75) is 19.8 Å². The number of rotatable bonds is 5. The topological polar surface area (TPSA) is 44.4 Å². The maximum Gasteiger partial charge on any atom is 0.243 e. The number of carbonyl (C=O) groups excluding carboxylic acids is 1. The number of halogens is 2. The number of carbonyl (C=O) groups is 1. The van der Waals surface area contributed by atoms with E-state index in [9.17, 15) is 4.79 Å². The summed E-state index contributed by atoms with van der Waals surface area (Å²) in [5, 5.41) is 6.66. The van der Waals surface area contributed by atoms with E-state index in [1.54, 1.807) is 18.2 Å². The molecule has 0 atom stereocenters. The van der Waals surface area contributed by atoms with E-state index < -0.39 is 0 Å². The minimum Gasteiger partial charge on any atom is -0.376 e. The Hall–Kier alpha value is -1.91. The fourth-order valence-corrected chi connectivity index (χ4v) is 3.38. The first-order valence-electron chi connectivity index (χ1n) is 8.85. The Morgan fingerprint density at radius 2 is 1.81 bits per heavy atom. The number of amides is 1. The van der Waals surface area contributed by atoms with Crippen LogP contribution in [-0.4, -0.2) is 25.5 Å². The molecular weight excluding hydrogens is 369 g/mol. The van der Waals surface area contributed by atoms with Crippen LogP contribution in [0, 0.1) is 5.92 Å². The van der Waals surface area contributed by atoms with Gasteiger partial charge in [0.1, 0.15) is 0 Å². The first-order valence-corrected chi connectivity index (χ1v) is 9.61. The van der Waals surface area contributed by atoms with E-state index in [1.807, 2.05) is 12.1 Å². The van der Waals surface area contributed by atoms with Crippen LogP contribution < -0.4 is 15.5 Å². The molecule has 1 saturated heterocycles. The second-order valence-electron chi connectivity index (χ2n) is 6.72. The van der Waals surface area contributed by atoms with Gasteiger partial charge < -0.3 is 15.5 Å². The van der Waals surface area contributed by atoms with Gasteiger partial charge in [-0.05, 0) is 55.2 Å². The van der Waals surface area contributed by atoms with E-state index in [0.717, 1.165) is 24.7 Å². The lowest BCUT2D eigenvalue weighted by atomic mass is 9.99. The second kappa shape index (κ2) is 8.65. The molecule has 4 nitrogen and oxygen atoms in total. The summed E-state index contributed by atoms with van der Waals surface area (Å²) in [7, 11) is 0. The number of nitrogens with one attached hydrogen (secondary N) is 2. The zero-order chi connectivity index (χ0) is 18.5. The molecule has 1 aliphatic rings. The zero-order valence-electron chi connectivity index (χ0n) is 14.8. The van der Waals surface area contributed by atoms with Crippen molar-refractivity contribution in [2.24, 2.45) is 5.92 Å². The van der Waals surface area contributed by atoms with Gasteiger partial charge >= 0.3 is 0 Å². The predicted octanol–water partition coefficient (Wildman–Crippen LogP) is 5.28. The number of hydrogen-bond donors (Lipinski definition) is 2. The van der Waals surface area contributed by atoms with Crippen LogP contribution in [0.1, 0.15) is 19.8 Å². The lowest BCUT2D eigenvalue weighted by Gasteiger charge is -2.32. The number of nitrogens with zero attached hydrogens (tertiary/aromatic N) is 1. The van der Waals surface area contributed by atoms with Crippen LogP contribution in [-0.2, 0) is 4.79 Å². The molecule has 3 rings (SSSR count). The van der Waals surface area contributed by atoms with Crippen molar-refractivity contribution in [1.29, 1.82) is 0 Å². The SMILES string of the molecule is CC1CCN(c2ccc(NCC(=O)Nc3cccc(Cl)c3Cl)cc2)CC1. The first kappa shape index (κ1) is 18.9. The van der Waals surface area contributed by atoms with Gasteiger partial charge in [-0.2, -0.15) is 0 Å². The van der Waals surface area contributed by atoms with Gasteiger partial charge in [0.05, 0.1) is 22.3 Å². The summed E-state index contributed by atoms with van der Waals surface area (Å²) >= 11 is 12.0. The van der Waals surface area contributed by atoms with Gasteiger partial charge in [0.25, 0.3) is 0 Å². The van der Waals surface area contributed by atoms with Crippen molar-refractivity contribution < 1.29 is 4.79 Å².